The Balaban J connectivity index is 1.93. The van der Waals surface area contributed by atoms with Crippen LogP contribution in [0.3, 0.4) is 0 Å². The molecule has 0 saturated heterocycles. The van der Waals surface area contributed by atoms with Gasteiger partial charge in [-0.05, 0) is 56.2 Å². The summed E-state index contributed by atoms with van der Waals surface area (Å²) in [5.74, 6) is -1.07. The first-order valence-corrected chi connectivity index (χ1v) is 6.52. The Labute approximate surface area is 107 Å². The molecule has 0 saturated carbocycles. The molecule has 18 heavy (non-hydrogen) atoms. The SMILES string of the molecule is NC(CC1=CCCCC1)Cc1cc(F)cc(F)c1. The molecule has 0 aromatic heterocycles. The van der Waals surface area contributed by atoms with Crippen molar-refractivity contribution in [1.29, 1.82) is 0 Å². The molecule has 0 bridgehead atoms. The van der Waals surface area contributed by atoms with Crippen LogP contribution in [-0.2, 0) is 6.42 Å². The monoisotopic (exact) mass is 251 g/mol. The summed E-state index contributed by atoms with van der Waals surface area (Å²) in [7, 11) is 0. The minimum Gasteiger partial charge on any atom is -0.327 e. The molecule has 1 unspecified atom stereocenters. The molecule has 0 fully saturated rings. The first-order chi connectivity index (χ1) is 8.63. The number of benzene rings is 1. The van der Waals surface area contributed by atoms with E-state index in [1.807, 2.05) is 0 Å². The molecule has 0 amide bonds. The fraction of sp³-hybridized carbons (Fsp3) is 0.467. The summed E-state index contributed by atoms with van der Waals surface area (Å²) in [4.78, 5) is 0. The summed E-state index contributed by atoms with van der Waals surface area (Å²) >= 11 is 0. The molecule has 0 aliphatic heterocycles. The van der Waals surface area contributed by atoms with E-state index in [4.69, 9.17) is 5.73 Å². The van der Waals surface area contributed by atoms with Gasteiger partial charge >= 0.3 is 0 Å². The van der Waals surface area contributed by atoms with Crippen molar-refractivity contribution in [2.24, 2.45) is 5.73 Å². The molecule has 2 rings (SSSR count). The molecule has 1 aliphatic rings. The van der Waals surface area contributed by atoms with Crippen molar-refractivity contribution in [3.8, 4) is 0 Å². The Morgan fingerprint density at radius 1 is 1.06 bits per heavy atom. The van der Waals surface area contributed by atoms with Gasteiger partial charge < -0.3 is 5.73 Å². The summed E-state index contributed by atoms with van der Waals surface area (Å²) in [6.45, 7) is 0. The van der Waals surface area contributed by atoms with Gasteiger partial charge in [-0.2, -0.15) is 0 Å². The zero-order valence-corrected chi connectivity index (χ0v) is 10.5. The van der Waals surface area contributed by atoms with Crippen LogP contribution < -0.4 is 5.73 Å². The topological polar surface area (TPSA) is 26.0 Å². The fourth-order valence-electron chi connectivity index (χ4n) is 2.53. The average molecular weight is 251 g/mol. The molecular weight excluding hydrogens is 232 g/mol. The predicted octanol–water partition coefficient (Wildman–Crippen LogP) is 3.73. The quantitative estimate of drug-likeness (QED) is 0.811. The van der Waals surface area contributed by atoms with Crippen LogP contribution in [0.4, 0.5) is 8.78 Å². The third kappa shape index (κ3) is 3.91. The van der Waals surface area contributed by atoms with Gasteiger partial charge in [-0.1, -0.05) is 11.6 Å². The van der Waals surface area contributed by atoms with Crippen molar-refractivity contribution in [2.45, 2.75) is 44.6 Å². The van der Waals surface area contributed by atoms with E-state index < -0.39 is 11.6 Å². The van der Waals surface area contributed by atoms with E-state index in [1.165, 1.54) is 30.5 Å². The highest BCUT2D eigenvalue weighted by Gasteiger charge is 2.11. The molecule has 2 N–H and O–H groups in total. The number of nitrogens with two attached hydrogens (primary N) is 1. The summed E-state index contributed by atoms with van der Waals surface area (Å²) in [5.41, 5.74) is 8.08. The molecule has 1 aromatic rings. The molecule has 0 radical (unpaired) electrons. The highest BCUT2D eigenvalue weighted by Crippen LogP contribution is 2.22. The van der Waals surface area contributed by atoms with Crippen molar-refractivity contribution in [3.05, 3.63) is 47.0 Å². The Morgan fingerprint density at radius 2 is 1.78 bits per heavy atom. The molecule has 1 atom stereocenters. The predicted molar refractivity (Wildman–Crippen MR) is 69.2 cm³/mol. The molecular formula is C15H19F2N. The normalized spacial score (nSPS) is 17.4. The minimum atomic E-state index is -0.533. The van der Waals surface area contributed by atoms with Crippen molar-refractivity contribution in [2.75, 3.05) is 0 Å². The number of hydrogen-bond acceptors (Lipinski definition) is 1. The number of allylic oxidation sites excluding steroid dienone is 1. The number of halogens is 2. The highest BCUT2D eigenvalue weighted by molar-refractivity contribution is 5.19. The van der Waals surface area contributed by atoms with Gasteiger partial charge in [0, 0.05) is 12.1 Å². The van der Waals surface area contributed by atoms with E-state index in [0.29, 0.717) is 12.0 Å². The standard InChI is InChI=1S/C15H19F2N/c16-13-6-12(7-14(17)10-13)9-15(18)8-11-4-2-1-3-5-11/h4,6-7,10,15H,1-3,5,8-9,18H2. The molecule has 0 heterocycles. The second kappa shape index (κ2) is 6.10. The smallest absolute Gasteiger partial charge is 0.126 e. The Kier molecular flexibility index (Phi) is 4.48. The summed E-state index contributed by atoms with van der Waals surface area (Å²) in [6, 6.07) is 3.55. The summed E-state index contributed by atoms with van der Waals surface area (Å²) in [6.07, 6.45) is 8.35. The fourth-order valence-corrected chi connectivity index (χ4v) is 2.53. The van der Waals surface area contributed by atoms with Gasteiger partial charge in [0.15, 0.2) is 0 Å². The molecule has 3 heteroatoms. The van der Waals surface area contributed by atoms with Crippen molar-refractivity contribution in [1.82, 2.24) is 0 Å². The number of rotatable bonds is 4. The third-order valence-corrected chi connectivity index (χ3v) is 3.33. The van der Waals surface area contributed by atoms with Crippen LogP contribution in [0.2, 0.25) is 0 Å². The third-order valence-electron chi connectivity index (χ3n) is 3.33. The Hall–Kier alpha value is -1.22. The van der Waals surface area contributed by atoms with Crippen LogP contribution >= 0.6 is 0 Å². The molecule has 98 valence electrons. The van der Waals surface area contributed by atoms with E-state index >= 15 is 0 Å². The summed E-state index contributed by atoms with van der Waals surface area (Å²) < 4.78 is 26.1. The molecule has 1 aromatic carbocycles. The van der Waals surface area contributed by atoms with Crippen molar-refractivity contribution in [3.63, 3.8) is 0 Å². The lowest BCUT2D eigenvalue weighted by atomic mass is 9.92. The highest BCUT2D eigenvalue weighted by atomic mass is 19.1. The lowest BCUT2D eigenvalue weighted by Crippen LogP contribution is -2.24. The van der Waals surface area contributed by atoms with E-state index in [-0.39, 0.29) is 6.04 Å². The minimum absolute atomic E-state index is 0.0597. The van der Waals surface area contributed by atoms with Crippen LogP contribution in [0.25, 0.3) is 0 Å². The van der Waals surface area contributed by atoms with Crippen LogP contribution in [0, 0.1) is 11.6 Å². The van der Waals surface area contributed by atoms with Gasteiger partial charge in [0.2, 0.25) is 0 Å². The van der Waals surface area contributed by atoms with Crippen LogP contribution in [0.1, 0.15) is 37.7 Å². The van der Waals surface area contributed by atoms with Crippen molar-refractivity contribution < 1.29 is 8.78 Å². The first kappa shape index (κ1) is 13.2. The first-order valence-electron chi connectivity index (χ1n) is 6.52. The van der Waals surface area contributed by atoms with Crippen LogP contribution in [0.15, 0.2) is 29.8 Å². The van der Waals surface area contributed by atoms with Crippen LogP contribution in [0.5, 0.6) is 0 Å². The zero-order chi connectivity index (χ0) is 13.0. The Bertz CT molecular complexity index is 420. The largest absolute Gasteiger partial charge is 0.327 e. The Morgan fingerprint density at radius 3 is 2.39 bits per heavy atom. The summed E-state index contributed by atoms with van der Waals surface area (Å²) in [5, 5.41) is 0. The second-order valence-corrected chi connectivity index (χ2v) is 5.05. The maximum atomic E-state index is 13.0. The van der Waals surface area contributed by atoms with Gasteiger partial charge in [-0.15, -0.1) is 0 Å². The molecule has 0 spiro atoms. The van der Waals surface area contributed by atoms with E-state index in [9.17, 15) is 8.78 Å². The van der Waals surface area contributed by atoms with Gasteiger partial charge in [0.05, 0.1) is 0 Å². The van der Waals surface area contributed by atoms with E-state index in [0.717, 1.165) is 25.3 Å². The van der Waals surface area contributed by atoms with Gasteiger partial charge in [-0.3, -0.25) is 0 Å². The molecule has 1 nitrogen and oxygen atoms in total. The lowest BCUT2D eigenvalue weighted by Gasteiger charge is -2.17. The maximum Gasteiger partial charge on any atom is 0.126 e. The van der Waals surface area contributed by atoms with Gasteiger partial charge in [-0.25, -0.2) is 8.78 Å². The van der Waals surface area contributed by atoms with Gasteiger partial charge in [0.25, 0.3) is 0 Å². The number of hydrogen-bond donors (Lipinski definition) is 1. The molecule has 1 aliphatic carbocycles. The maximum absolute atomic E-state index is 13.0. The van der Waals surface area contributed by atoms with E-state index in [2.05, 4.69) is 6.08 Å². The zero-order valence-electron chi connectivity index (χ0n) is 10.5. The average Bonchev–Trinajstić information content (AvgIpc) is 2.28. The van der Waals surface area contributed by atoms with Crippen LogP contribution in [-0.4, -0.2) is 6.04 Å². The van der Waals surface area contributed by atoms with Crippen molar-refractivity contribution >= 4 is 0 Å². The lowest BCUT2D eigenvalue weighted by molar-refractivity contribution is 0.570. The van der Waals surface area contributed by atoms with Gasteiger partial charge in [0.1, 0.15) is 11.6 Å². The van der Waals surface area contributed by atoms with E-state index in [1.54, 1.807) is 0 Å². The second-order valence-electron chi connectivity index (χ2n) is 5.05.